The summed E-state index contributed by atoms with van der Waals surface area (Å²) in [5.41, 5.74) is 0.321. The molecule has 5 heteroatoms. The Hall–Kier alpha value is -2.17. The van der Waals surface area contributed by atoms with Gasteiger partial charge in [-0.15, -0.1) is 0 Å². The number of carbonyl (C=O) groups excluding carboxylic acids is 2. The fourth-order valence-corrected chi connectivity index (χ4v) is 1.62. The third-order valence-corrected chi connectivity index (χ3v) is 2.57. The number of benzene rings is 1. The summed E-state index contributed by atoms with van der Waals surface area (Å²) in [5, 5.41) is 2.50. The predicted molar refractivity (Wildman–Crippen MR) is 62.9 cm³/mol. The van der Waals surface area contributed by atoms with E-state index in [-0.39, 0.29) is 0 Å². The van der Waals surface area contributed by atoms with Crippen molar-refractivity contribution in [3.8, 4) is 0 Å². The molecule has 1 fully saturated rings. The molecule has 0 spiro atoms. The molecule has 1 atom stereocenters. The van der Waals surface area contributed by atoms with Crippen molar-refractivity contribution in [2.45, 2.75) is 12.5 Å². The number of ether oxygens (including phenoxy) is 1. The van der Waals surface area contributed by atoms with E-state index < -0.39 is 23.7 Å². The normalized spacial score (nSPS) is 18.9. The molecule has 1 heterocycles. The summed E-state index contributed by atoms with van der Waals surface area (Å²) < 4.78 is 18.0. The van der Waals surface area contributed by atoms with Gasteiger partial charge >= 0.3 is 5.97 Å². The summed E-state index contributed by atoms with van der Waals surface area (Å²) >= 11 is 0. The highest BCUT2D eigenvalue weighted by Gasteiger charge is 2.27. The molecule has 1 saturated heterocycles. The summed E-state index contributed by atoms with van der Waals surface area (Å²) in [4.78, 5) is 22.6. The van der Waals surface area contributed by atoms with Crippen LogP contribution >= 0.6 is 0 Å². The topological polar surface area (TPSA) is 55.4 Å². The molecule has 1 amide bonds. The SMILES string of the molecule is O=C(/C=C/c1ccccc1F)N[C@H]1CCOC1=O. The van der Waals surface area contributed by atoms with Crippen molar-refractivity contribution < 1.29 is 18.7 Å². The van der Waals surface area contributed by atoms with E-state index >= 15 is 0 Å². The molecule has 18 heavy (non-hydrogen) atoms. The van der Waals surface area contributed by atoms with Gasteiger partial charge in [-0.3, -0.25) is 4.79 Å². The quantitative estimate of drug-likeness (QED) is 0.648. The molecule has 0 aliphatic carbocycles. The van der Waals surface area contributed by atoms with Gasteiger partial charge in [0.1, 0.15) is 11.9 Å². The first-order valence-electron chi connectivity index (χ1n) is 5.56. The van der Waals surface area contributed by atoms with E-state index in [1.807, 2.05) is 0 Å². The lowest BCUT2D eigenvalue weighted by Crippen LogP contribution is -2.36. The minimum absolute atomic E-state index is 0.320. The van der Waals surface area contributed by atoms with Gasteiger partial charge in [0.15, 0.2) is 0 Å². The van der Waals surface area contributed by atoms with Gasteiger partial charge in [-0.05, 0) is 12.1 Å². The number of hydrogen-bond acceptors (Lipinski definition) is 3. The number of nitrogens with one attached hydrogen (secondary N) is 1. The van der Waals surface area contributed by atoms with Gasteiger partial charge < -0.3 is 10.1 Å². The fourth-order valence-electron chi connectivity index (χ4n) is 1.62. The molecule has 94 valence electrons. The molecule has 4 nitrogen and oxygen atoms in total. The highest BCUT2D eigenvalue weighted by molar-refractivity contribution is 5.94. The van der Waals surface area contributed by atoms with Crippen LogP contribution in [-0.2, 0) is 14.3 Å². The number of hydrogen-bond donors (Lipinski definition) is 1. The number of carbonyl (C=O) groups is 2. The second kappa shape index (κ2) is 5.44. The van der Waals surface area contributed by atoms with E-state index in [2.05, 4.69) is 5.32 Å². The summed E-state index contributed by atoms with van der Waals surface area (Å²) in [7, 11) is 0. The molecule has 1 aromatic carbocycles. The van der Waals surface area contributed by atoms with Crippen LogP contribution in [0.4, 0.5) is 4.39 Å². The lowest BCUT2D eigenvalue weighted by atomic mass is 10.2. The van der Waals surface area contributed by atoms with Crippen LogP contribution in [0.1, 0.15) is 12.0 Å². The number of amides is 1. The Labute approximate surface area is 103 Å². The molecule has 0 bridgehead atoms. The van der Waals surface area contributed by atoms with Crippen molar-refractivity contribution in [2.24, 2.45) is 0 Å². The van der Waals surface area contributed by atoms with Crippen molar-refractivity contribution in [3.05, 3.63) is 41.7 Å². The zero-order valence-electron chi connectivity index (χ0n) is 9.56. The Morgan fingerprint density at radius 3 is 2.89 bits per heavy atom. The van der Waals surface area contributed by atoms with Crippen molar-refractivity contribution >= 4 is 18.0 Å². The van der Waals surface area contributed by atoms with Gasteiger partial charge in [-0.1, -0.05) is 18.2 Å². The first-order valence-corrected chi connectivity index (χ1v) is 5.56. The van der Waals surface area contributed by atoms with E-state index in [9.17, 15) is 14.0 Å². The minimum atomic E-state index is -0.595. The largest absolute Gasteiger partial charge is 0.464 e. The molecule has 0 saturated carbocycles. The van der Waals surface area contributed by atoms with Gasteiger partial charge in [0, 0.05) is 18.1 Å². The molecule has 0 radical (unpaired) electrons. The Balaban J connectivity index is 1.95. The second-order valence-electron chi connectivity index (χ2n) is 3.87. The smallest absolute Gasteiger partial charge is 0.328 e. The van der Waals surface area contributed by atoms with Crippen LogP contribution in [-0.4, -0.2) is 24.5 Å². The molecule has 1 aliphatic rings. The Morgan fingerprint density at radius 2 is 2.22 bits per heavy atom. The zero-order valence-corrected chi connectivity index (χ0v) is 9.56. The standard InChI is InChI=1S/C13H12FNO3/c14-10-4-2-1-3-9(10)5-6-12(16)15-11-7-8-18-13(11)17/h1-6,11H,7-8H2,(H,15,16)/b6-5+/t11-/m0/s1. The van der Waals surface area contributed by atoms with Crippen LogP contribution in [0.15, 0.2) is 30.3 Å². The molecule has 0 unspecified atom stereocenters. The van der Waals surface area contributed by atoms with E-state index in [1.54, 1.807) is 18.2 Å². The van der Waals surface area contributed by atoms with Crippen LogP contribution in [0.2, 0.25) is 0 Å². The van der Waals surface area contributed by atoms with Crippen molar-refractivity contribution in [1.82, 2.24) is 5.32 Å². The van der Waals surface area contributed by atoms with Crippen LogP contribution in [0.25, 0.3) is 6.08 Å². The lowest BCUT2D eigenvalue weighted by molar-refractivity contribution is -0.140. The van der Waals surface area contributed by atoms with Crippen molar-refractivity contribution in [2.75, 3.05) is 6.61 Å². The Morgan fingerprint density at radius 1 is 1.44 bits per heavy atom. The third-order valence-electron chi connectivity index (χ3n) is 2.57. The number of halogens is 1. The molecular formula is C13H12FNO3. The maximum atomic E-state index is 13.2. The molecule has 1 aromatic rings. The van der Waals surface area contributed by atoms with E-state index in [4.69, 9.17) is 4.74 Å². The maximum absolute atomic E-state index is 13.2. The fraction of sp³-hybridized carbons (Fsp3) is 0.231. The monoisotopic (exact) mass is 249 g/mol. The Bertz CT molecular complexity index is 499. The second-order valence-corrected chi connectivity index (χ2v) is 3.87. The van der Waals surface area contributed by atoms with Crippen molar-refractivity contribution in [1.29, 1.82) is 0 Å². The molecular weight excluding hydrogens is 237 g/mol. The van der Waals surface area contributed by atoms with Crippen LogP contribution in [0.5, 0.6) is 0 Å². The molecule has 0 aromatic heterocycles. The van der Waals surface area contributed by atoms with Crippen LogP contribution in [0, 0.1) is 5.82 Å². The van der Waals surface area contributed by atoms with Gasteiger partial charge in [0.2, 0.25) is 5.91 Å². The molecule has 1 N–H and O–H groups in total. The van der Waals surface area contributed by atoms with E-state index in [0.717, 1.165) is 0 Å². The molecule has 2 rings (SSSR count). The number of rotatable bonds is 3. The summed E-state index contributed by atoms with van der Waals surface area (Å²) in [6.07, 6.45) is 3.03. The first kappa shape index (κ1) is 12.3. The number of esters is 1. The minimum Gasteiger partial charge on any atom is -0.464 e. The third kappa shape index (κ3) is 2.94. The summed E-state index contributed by atoms with van der Waals surface area (Å²) in [6, 6.07) is 5.52. The first-order chi connectivity index (χ1) is 8.66. The summed E-state index contributed by atoms with van der Waals surface area (Å²) in [5.74, 6) is -1.27. The van der Waals surface area contributed by atoms with Gasteiger partial charge in [0.05, 0.1) is 6.61 Å². The zero-order chi connectivity index (χ0) is 13.0. The highest BCUT2D eigenvalue weighted by Crippen LogP contribution is 2.09. The Kier molecular flexibility index (Phi) is 3.72. The van der Waals surface area contributed by atoms with Gasteiger partial charge in [0.25, 0.3) is 0 Å². The van der Waals surface area contributed by atoms with E-state index in [0.29, 0.717) is 18.6 Å². The predicted octanol–water partition coefficient (Wildman–Crippen LogP) is 1.27. The summed E-state index contributed by atoms with van der Waals surface area (Å²) in [6.45, 7) is 0.320. The van der Waals surface area contributed by atoms with Crippen LogP contribution in [0.3, 0.4) is 0 Å². The lowest BCUT2D eigenvalue weighted by Gasteiger charge is -2.05. The van der Waals surface area contributed by atoms with Gasteiger partial charge in [-0.25, -0.2) is 9.18 Å². The molecule has 1 aliphatic heterocycles. The van der Waals surface area contributed by atoms with Crippen molar-refractivity contribution in [3.63, 3.8) is 0 Å². The van der Waals surface area contributed by atoms with E-state index in [1.165, 1.54) is 18.2 Å². The van der Waals surface area contributed by atoms with Gasteiger partial charge in [-0.2, -0.15) is 0 Å². The highest BCUT2D eigenvalue weighted by atomic mass is 19.1. The maximum Gasteiger partial charge on any atom is 0.328 e. The number of cyclic esters (lactones) is 1. The van der Waals surface area contributed by atoms with Crippen LogP contribution < -0.4 is 5.32 Å². The average Bonchev–Trinajstić information content (AvgIpc) is 2.74. The average molecular weight is 249 g/mol.